The summed E-state index contributed by atoms with van der Waals surface area (Å²) in [5, 5.41) is 24.6. The molecule has 1 atom stereocenters. The second kappa shape index (κ2) is 7.99. The van der Waals surface area contributed by atoms with E-state index in [1.807, 2.05) is 13.8 Å². The van der Waals surface area contributed by atoms with Crippen LogP contribution >= 0.6 is 0 Å². The average molecular weight is 407 g/mol. The number of carbonyl (C=O) groups excluding carboxylic acids is 1. The number of nitrogens with zero attached hydrogens (tertiary/aromatic N) is 5. The molecule has 1 aromatic rings. The molecule has 12 nitrogen and oxygen atoms in total. The topological polar surface area (TPSA) is 141 Å². The minimum atomic E-state index is -0.967. The van der Waals surface area contributed by atoms with Gasteiger partial charge in [-0.1, -0.05) is 12.1 Å². The van der Waals surface area contributed by atoms with Gasteiger partial charge in [-0.25, -0.2) is 19.8 Å². The molecule has 1 unspecified atom stereocenters. The second-order valence-electron chi connectivity index (χ2n) is 7.47. The maximum absolute atomic E-state index is 12.6. The molecule has 3 rings (SSSR count). The predicted octanol–water partition coefficient (Wildman–Crippen LogP) is 2.07. The number of rotatable bonds is 5. The Labute approximate surface area is 166 Å². The number of ether oxygens (including phenoxy) is 2. The summed E-state index contributed by atoms with van der Waals surface area (Å²) in [5.41, 5.74) is -0.648. The molecule has 2 aliphatic rings. The molecule has 0 aromatic heterocycles. The monoisotopic (exact) mass is 407 g/mol. The minimum Gasteiger partial charge on any atom is -0.402 e. The number of guanidine groups is 1. The van der Waals surface area contributed by atoms with Gasteiger partial charge in [0.05, 0.1) is 23.7 Å². The summed E-state index contributed by atoms with van der Waals surface area (Å²) in [6.07, 6.45) is -0.194. The smallest absolute Gasteiger partial charge is 0.402 e. The van der Waals surface area contributed by atoms with Crippen molar-refractivity contribution in [2.75, 3.05) is 26.2 Å². The molecule has 0 saturated carbocycles. The number of hydrazone groups is 1. The van der Waals surface area contributed by atoms with Gasteiger partial charge in [0.1, 0.15) is 5.10 Å². The lowest BCUT2D eigenvalue weighted by molar-refractivity contribution is -0.486. The van der Waals surface area contributed by atoms with Crippen LogP contribution in [0.3, 0.4) is 0 Å². The van der Waals surface area contributed by atoms with Crippen LogP contribution in [0, 0.1) is 26.1 Å². The quantitative estimate of drug-likeness (QED) is 0.533. The zero-order valence-corrected chi connectivity index (χ0v) is 16.0. The van der Waals surface area contributed by atoms with Gasteiger partial charge in [0.2, 0.25) is 5.75 Å². The third kappa shape index (κ3) is 4.77. The maximum atomic E-state index is 12.6. The summed E-state index contributed by atoms with van der Waals surface area (Å²) >= 11 is 0. The lowest BCUT2D eigenvalue weighted by Gasteiger charge is -2.22. The highest BCUT2D eigenvalue weighted by Crippen LogP contribution is 2.31. The van der Waals surface area contributed by atoms with Crippen molar-refractivity contribution in [3.8, 4) is 5.75 Å². The molecular weight excluding hydrogens is 386 g/mol. The molecule has 0 aliphatic carbocycles. The number of hydrogen-bond donors (Lipinski definition) is 0. The van der Waals surface area contributed by atoms with Gasteiger partial charge in [0, 0.05) is 25.1 Å². The van der Waals surface area contributed by atoms with Crippen molar-refractivity contribution >= 4 is 17.7 Å². The Bertz CT molecular complexity index is 856. The van der Waals surface area contributed by atoms with E-state index < -0.39 is 16.0 Å². The van der Waals surface area contributed by atoms with Gasteiger partial charge in [-0.2, -0.15) is 0 Å². The molecule has 29 heavy (non-hydrogen) atoms. The van der Waals surface area contributed by atoms with Crippen LogP contribution in [-0.4, -0.2) is 63.7 Å². The Morgan fingerprint density at radius 1 is 1.31 bits per heavy atom. The number of hydrogen-bond acceptors (Lipinski definition) is 7. The molecule has 0 spiro atoms. The first-order chi connectivity index (χ1) is 13.7. The Kier molecular flexibility index (Phi) is 5.64. The number of amides is 1. The van der Waals surface area contributed by atoms with Crippen LogP contribution in [0.4, 0.5) is 10.5 Å². The zero-order valence-electron chi connectivity index (χ0n) is 16.0. The molecule has 2 saturated heterocycles. The normalized spacial score (nSPS) is 22.1. The van der Waals surface area contributed by atoms with Crippen molar-refractivity contribution in [1.29, 1.82) is 0 Å². The maximum Gasteiger partial charge on any atom is 0.422 e. The Hall–Kier alpha value is -3.28. The number of nitro groups is 2. The van der Waals surface area contributed by atoms with Gasteiger partial charge >= 0.3 is 11.8 Å². The first-order valence-electron chi connectivity index (χ1n) is 9.01. The summed E-state index contributed by atoms with van der Waals surface area (Å²) < 4.78 is 10.8. The molecule has 2 heterocycles. The van der Waals surface area contributed by atoms with E-state index in [0.717, 1.165) is 11.3 Å². The summed E-state index contributed by atoms with van der Waals surface area (Å²) in [6, 6.07) is 5.41. The molecule has 0 bridgehead atoms. The Morgan fingerprint density at radius 2 is 2.03 bits per heavy atom. The van der Waals surface area contributed by atoms with Crippen LogP contribution in [-0.2, 0) is 4.74 Å². The van der Waals surface area contributed by atoms with Crippen LogP contribution < -0.4 is 4.74 Å². The van der Waals surface area contributed by atoms with E-state index in [1.165, 1.54) is 24.3 Å². The van der Waals surface area contributed by atoms with Crippen LogP contribution in [0.15, 0.2) is 29.4 Å². The van der Waals surface area contributed by atoms with Gasteiger partial charge in [0.15, 0.2) is 5.03 Å². The Morgan fingerprint density at radius 3 is 2.66 bits per heavy atom. The highest BCUT2D eigenvalue weighted by molar-refractivity contribution is 5.96. The predicted molar refractivity (Wildman–Crippen MR) is 100.0 cm³/mol. The third-order valence-corrected chi connectivity index (χ3v) is 4.74. The van der Waals surface area contributed by atoms with Gasteiger partial charge in [-0.15, -0.1) is 0 Å². The molecule has 1 aromatic carbocycles. The summed E-state index contributed by atoms with van der Waals surface area (Å²) in [4.78, 5) is 36.7. The van der Waals surface area contributed by atoms with Crippen molar-refractivity contribution in [2.24, 2.45) is 11.0 Å². The second-order valence-corrected chi connectivity index (χ2v) is 7.47. The van der Waals surface area contributed by atoms with Gasteiger partial charge in [0.25, 0.3) is 5.96 Å². The first kappa shape index (κ1) is 20.5. The average Bonchev–Trinajstić information content (AvgIpc) is 3.18. The summed E-state index contributed by atoms with van der Waals surface area (Å²) in [6.45, 7) is 5.33. The van der Waals surface area contributed by atoms with Gasteiger partial charge in [-0.05, 0) is 26.3 Å². The number of nitro benzene ring substituents is 1. The lowest BCUT2D eigenvalue weighted by atomic mass is 9.97. The van der Waals surface area contributed by atoms with E-state index in [4.69, 9.17) is 9.47 Å². The van der Waals surface area contributed by atoms with E-state index in [-0.39, 0.29) is 35.5 Å². The minimum absolute atomic E-state index is 0.114. The van der Waals surface area contributed by atoms with E-state index >= 15 is 0 Å². The van der Waals surface area contributed by atoms with E-state index in [0.29, 0.717) is 19.7 Å². The molecule has 12 heteroatoms. The number of benzene rings is 1. The number of para-hydroxylation sites is 2. The fourth-order valence-corrected chi connectivity index (χ4v) is 3.56. The molecule has 2 aliphatic heterocycles. The first-order valence-corrected chi connectivity index (χ1v) is 9.01. The fraction of sp³-hybridized carbons (Fsp3) is 0.529. The van der Waals surface area contributed by atoms with Gasteiger partial charge < -0.3 is 14.4 Å². The molecular formula is C17H21N5O7. The van der Waals surface area contributed by atoms with Gasteiger partial charge in [-0.3, -0.25) is 10.1 Å². The third-order valence-electron chi connectivity index (χ3n) is 4.74. The van der Waals surface area contributed by atoms with Crippen molar-refractivity contribution in [2.45, 2.75) is 25.9 Å². The van der Waals surface area contributed by atoms with Crippen LogP contribution in [0.1, 0.15) is 20.3 Å². The van der Waals surface area contributed by atoms with E-state index in [9.17, 15) is 25.0 Å². The van der Waals surface area contributed by atoms with E-state index in [1.54, 1.807) is 4.90 Å². The molecule has 2 fully saturated rings. The van der Waals surface area contributed by atoms with Crippen LogP contribution in [0.5, 0.6) is 5.75 Å². The van der Waals surface area contributed by atoms with Crippen LogP contribution in [0.2, 0.25) is 0 Å². The Balaban J connectivity index is 1.76. The van der Waals surface area contributed by atoms with Crippen molar-refractivity contribution in [3.05, 3.63) is 44.5 Å². The molecule has 0 N–H and O–H groups in total. The van der Waals surface area contributed by atoms with Crippen molar-refractivity contribution < 1.29 is 24.2 Å². The molecule has 156 valence electrons. The standard InChI is InChI=1S/C17H21N5O7/c1-17(2)9-12(11-28-17)10-19-7-8-20(15(19)18-22(26)27)16(23)29-14-6-4-3-5-13(14)21(24)25/h3-6,12H,7-11H2,1-2H3. The SMILES string of the molecule is CC1(C)CC(CN2CCN(C(=O)Oc3ccccc3[N+](=O)[O-])C2=N[N+](=O)[O-])CO1. The highest BCUT2D eigenvalue weighted by Gasteiger charge is 2.40. The zero-order chi connectivity index (χ0) is 21.2. The van der Waals surface area contributed by atoms with Crippen molar-refractivity contribution in [3.63, 3.8) is 0 Å². The van der Waals surface area contributed by atoms with Crippen LogP contribution in [0.25, 0.3) is 0 Å². The van der Waals surface area contributed by atoms with E-state index in [2.05, 4.69) is 5.10 Å². The highest BCUT2D eigenvalue weighted by atomic mass is 16.7. The summed E-state index contributed by atoms with van der Waals surface area (Å²) in [5.74, 6) is -0.260. The molecule has 0 radical (unpaired) electrons. The summed E-state index contributed by atoms with van der Waals surface area (Å²) in [7, 11) is 0. The largest absolute Gasteiger partial charge is 0.422 e. The lowest BCUT2D eigenvalue weighted by Crippen LogP contribution is -2.41. The fourth-order valence-electron chi connectivity index (χ4n) is 3.56. The van der Waals surface area contributed by atoms with Crippen molar-refractivity contribution in [1.82, 2.24) is 9.80 Å². The number of carbonyl (C=O) groups is 1. The molecule has 1 amide bonds.